The minimum atomic E-state index is -3.77. The van der Waals surface area contributed by atoms with Crippen molar-refractivity contribution in [3.8, 4) is 17.2 Å². The topological polar surface area (TPSA) is 133 Å². The van der Waals surface area contributed by atoms with Gasteiger partial charge in [-0.25, -0.2) is 13.4 Å². The molecule has 0 saturated carbocycles. The molecular weight excluding hydrogens is 608 g/mol. The Kier molecular flexibility index (Phi) is 9.23. The van der Waals surface area contributed by atoms with Crippen LogP contribution in [-0.2, 0) is 25.9 Å². The highest BCUT2D eigenvalue weighted by Gasteiger charge is 2.53. The van der Waals surface area contributed by atoms with Crippen LogP contribution in [-0.4, -0.2) is 56.6 Å². The first kappa shape index (κ1) is 31.1. The summed E-state index contributed by atoms with van der Waals surface area (Å²) in [4.78, 5) is 19.5. The van der Waals surface area contributed by atoms with Gasteiger partial charge in [0.05, 0.1) is 17.3 Å². The lowest BCUT2D eigenvalue weighted by atomic mass is 9.85. The number of nitrogens with one attached hydrogen (secondary N) is 1. The fourth-order valence-electron chi connectivity index (χ4n) is 5.42. The first-order chi connectivity index (χ1) is 22.4. The van der Waals surface area contributed by atoms with Crippen LogP contribution < -0.4 is 19.5 Å². The van der Waals surface area contributed by atoms with Crippen molar-refractivity contribution in [1.82, 2.24) is 5.32 Å². The van der Waals surface area contributed by atoms with Gasteiger partial charge in [0.1, 0.15) is 5.75 Å². The molecule has 4 aromatic rings. The second-order valence-corrected chi connectivity index (χ2v) is 13.1. The summed E-state index contributed by atoms with van der Waals surface area (Å²) in [7, 11) is -3.77. The van der Waals surface area contributed by atoms with Crippen molar-refractivity contribution in [2.75, 3.05) is 25.8 Å². The van der Waals surface area contributed by atoms with Crippen molar-refractivity contribution in [2.24, 2.45) is 4.99 Å². The zero-order valence-corrected chi connectivity index (χ0v) is 25.8. The van der Waals surface area contributed by atoms with Crippen LogP contribution in [0.3, 0.4) is 0 Å². The quantitative estimate of drug-likeness (QED) is 0.202. The van der Waals surface area contributed by atoms with E-state index < -0.39 is 27.4 Å². The molecular formula is C35H34N2O8S. The Balaban J connectivity index is 1.36. The van der Waals surface area contributed by atoms with E-state index in [2.05, 4.69) is 5.32 Å². The Morgan fingerprint density at radius 2 is 1.65 bits per heavy atom. The summed E-state index contributed by atoms with van der Waals surface area (Å²) < 4.78 is 50.1. The molecule has 6 rings (SSSR count). The van der Waals surface area contributed by atoms with E-state index in [1.54, 1.807) is 66.7 Å². The molecule has 238 valence electrons. The lowest BCUT2D eigenvalue weighted by molar-refractivity contribution is -0.129. The first-order valence-electron chi connectivity index (χ1n) is 15.0. The van der Waals surface area contributed by atoms with E-state index in [1.807, 2.05) is 36.4 Å². The van der Waals surface area contributed by atoms with Crippen LogP contribution in [0.1, 0.15) is 35.6 Å². The Morgan fingerprint density at radius 3 is 2.39 bits per heavy atom. The van der Waals surface area contributed by atoms with Crippen molar-refractivity contribution in [1.29, 1.82) is 0 Å². The van der Waals surface area contributed by atoms with Crippen molar-refractivity contribution in [3.63, 3.8) is 0 Å². The van der Waals surface area contributed by atoms with Gasteiger partial charge in [-0.2, -0.15) is 0 Å². The number of hydrogen-bond acceptors (Lipinski definition) is 9. The van der Waals surface area contributed by atoms with E-state index in [9.17, 15) is 13.2 Å². The van der Waals surface area contributed by atoms with E-state index in [4.69, 9.17) is 29.0 Å². The molecule has 0 spiro atoms. The number of aliphatic hydroxyl groups excluding tert-OH is 1. The van der Waals surface area contributed by atoms with Crippen LogP contribution in [0.2, 0.25) is 0 Å². The van der Waals surface area contributed by atoms with E-state index in [0.717, 1.165) is 5.56 Å². The molecule has 2 N–H and O–H groups in total. The number of carbonyl (C=O) groups excluding carboxylic acids is 1. The van der Waals surface area contributed by atoms with E-state index >= 15 is 0 Å². The molecule has 0 radical (unpaired) electrons. The summed E-state index contributed by atoms with van der Waals surface area (Å²) in [6.45, 7) is 0.677. The van der Waals surface area contributed by atoms with Crippen LogP contribution in [0, 0.1) is 0 Å². The molecule has 0 aliphatic carbocycles. The zero-order valence-electron chi connectivity index (χ0n) is 25.0. The number of carbonyl (C=O) groups is 1. The van der Waals surface area contributed by atoms with Crippen LogP contribution in [0.25, 0.3) is 0 Å². The molecule has 46 heavy (non-hydrogen) atoms. The molecule has 2 atom stereocenters. The lowest BCUT2D eigenvalue weighted by Crippen LogP contribution is -2.49. The van der Waals surface area contributed by atoms with Gasteiger partial charge in [0.2, 0.25) is 12.7 Å². The molecule has 2 heterocycles. The molecule has 0 aromatic heterocycles. The van der Waals surface area contributed by atoms with Crippen molar-refractivity contribution < 1.29 is 37.3 Å². The van der Waals surface area contributed by atoms with Crippen LogP contribution in [0.4, 0.5) is 0 Å². The highest BCUT2D eigenvalue weighted by Crippen LogP contribution is 2.43. The number of aliphatic hydroxyl groups is 1. The smallest absolute Gasteiger partial charge is 0.252 e. The Bertz CT molecular complexity index is 1800. The summed E-state index contributed by atoms with van der Waals surface area (Å²) in [5.74, 6) is 1.23. The van der Waals surface area contributed by atoms with E-state index in [1.165, 1.54) is 0 Å². The molecule has 1 amide bonds. The summed E-state index contributed by atoms with van der Waals surface area (Å²) >= 11 is 0. The number of hydrogen-bond donors (Lipinski definition) is 2. The predicted molar refractivity (Wildman–Crippen MR) is 171 cm³/mol. The van der Waals surface area contributed by atoms with Crippen molar-refractivity contribution in [3.05, 3.63) is 120 Å². The van der Waals surface area contributed by atoms with Gasteiger partial charge in [0, 0.05) is 31.6 Å². The molecule has 2 aliphatic rings. The summed E-state index contributed by atoms with van der Waals surface area (Å²) in [5, 5.41) is 12.1. The molecule has 0 fully saturated rings. The maximum Gasteiger partial charge on any atom is 0.252 e. The normalized spacial score (nSPS) is 18.5. The van der Waals surface area contributed by atoms with E-state index in [-0.39, 0.29) is 42.9 Å². The summed E-state index contributed by atoms with van der Waals surface area (Å²) in [6, 6.07) is 29.9. The van der Waals surface area contributed by atoms with Gasteiger partial charge in [0.25, 0.3) is 5.91 Å². The number of nitrogens with zero attached hydrogens (tertiary/aromatic N) is 1. The lowest BCUT2D eigenvalue weighted by Gasteiger charge is -2.30. The standard InChI is InChI=1S/C35H34N2O8S/c38-19-7-20-42-28-15-13-27(14-16-28)33-37-35(32(45-33)26-8-3-1-4-9-26,18-21-46(40,41)29-10-5-2-6-11-29)34(39)36-23-25-12-17-30-31(22-25)44-24-43-30/h1-6,8-17,22,32,38H,7,18-21,23-24H2,(H,36,39)/t32-,35-/m1/s1. The molecule has 4 aromatic carbocycles. The van der Waals surface area contributed by atoms with Crippen LogP contribution >= 0.6 is 0 Å². The second kappa shape index (κ2) is 13.6. The molecule has 0 bridgehead atoms. The number of aliphatic imine (C=N–C) groups is 1. The number of sulfone groups is 1. The first-order valence-corrected chi connectivity index (χ1v) is 16.6. The summed E-state index contributed by atoms with van der Waals surface area (Å²) in [5.41, 5.74) is 0.443. The summed E-state index contributed by atoms with van der Waals surface area (Å²) in [6.07, 6.45) is -0.541. The highest BCUT2D eigenvalue weighted by atomic mass is 32.2. The average Bonchev–Trinajstić information content (AvgIpc) is 3.73. The van der Waals surface area contributed by atoms with Crippen LogP contribution in [0.15, 0.2) is 113 Å². The molecule has 11 heteroatoms. The van der Waals surface area contributed by atoms with Gasteiger partial charge in [-0.05, 0) is 59.7 Å². The third-order valence-electron chi connectivity index (χ3n) is 7.88. The number of amides is 1. The van der Waals surface area contributed by atoms with Crippen molar-refractivity contribution >= 4 is 21.6 Å². The average molecular weight is 643 g/mol. The van der Waals surface area contributed by atoms with Crippen LogP contribution in [0.5, 0.6) is 17.2 Å². The second-order valence-electron chi connectivity index (χ2n) is 11.0. The number of benzene rings is 4. The Labute approximate surface area is 267 Å². The zero-order chi connectivity index (χ0) is 32.0. The van der Waals surface area contributed by atoms with Gasteiger partial charge in [-0.3, -0.25) is 4.79 Å². The maximum absolute atomic E-state index is 14.4. The fourth-order valence-corrected chi connectivity index (χ4v) is 6.81. The fraction of sp³-hybridized carbons (Fsp3) is 0.257. The van der Waals surface area contributed by atoms with Gasteiger partial charge in [-0.1, -0.05) is 54.6 Å². The van der Waals surface area contributed by atoms with Gasteiger partial charge < -0.3 is 29.4 Å². The third kappa shape index (κ3) is 6.70. The van der Waals surface area contributed by atoms with Gasteiger partial charge in [0.15, 0.2) is 33.0 Å². The minimum absolute atomic E-state index is 0.0302. The van der Waals surface area contributed by atoms with Gasteiger partial charge >= 0.3 is 0 Å². The number of rotatable bonds is 13. The largest absolute Gasteiger partial charge is 0.494 e. The maximum atomic E-state index is 14.4. The number of fused-ring (bicyclic) bond motifs is 1. The number of ether oxygens (including phenoxy) is 4. The highest BCUT2D eigenvalue weighted by molar-refractivity contribution is 7.91. The molecule has 2 aliphatic heterocycles. The third-order valence-corrected chi connectivity index (χ3v) is 9.61. The van der Waals surface area contributed by atoms with E-state index in [0.29, 0.717) is 41.4 Å². The predicted octanol–water partition coefficient (Wildman–Crippen LogP) is 4.61. The Hall–Kier alpha value is -4.87. The SMILES string of the molecule is O=C(NCc1ccc2c(c1)OCO2)[C@]1(CCS(=O)(=O)c2ccccc2)N=C(c2ccc(OCCCO)cc2)O[C@@H]1c1ccccc1. The molecule has 10 nitrogen and oxygen atoms in total. The van der Waals surface area contributed by atoms with Gasteiger partial charge in [-0.15, -0.1) is 0 Å². The molecule has 0 unspecified atom stereocenters. The molecule has 0 saturated heterocycles. The Morgan fingerprint density at radius 1 is 0.935 bits per heavy atom. The van der Waals surface area contributed by atoms with Crippen molar-refractivity contribution in [2.45, 2.75) is 35.9 Å². The minimum Gasteiger partial charge on any atom is -0.494 e. The monoisotopic (exact) mass is 642 g/mol.